The van der Waals surface area contributed by atoms with Gasteiger partial charge in [-0.15, -0.1) is 22.7 Å². The van der Waals surface area contributed by atoms with Crippen molar-refractivity contribution in [1.82, 2.24) is 4.98 Å². The molecule has 1 unspecified atom stereocenters. The number of nitrogens with zero attached hydrogens (tertiary/aromatic N) is 1. The van der Waals surface area contributed by atoms with Crippen LogP contribution in [-0.4, -0.2) is 16.7 Å². The summed E-state index contributed by atoms with van der Waals surface area (Å²) in [5.41, 5.74) is 6.71. The maximum Gasteiger partial charge on any atom is 0.133 e. The number of aromatic nitrogens is 1. The van der Waals surface area contributed by atoms with Gasteiger partial charge in [0.05, 0.1) is 27.0 Å². The van der Waals surface area contributed by atoms with Crippen molar-refractivity contribution in [3.05, 3.63) is 26.5 Å². The van der Waals surface area contributed by atoms with Crippen LogP contribution in [0.4, 0.5) is 0 Å². The summed E-state index contributed by atoms with van der Waals surface area (Å²) in [4.78, 5) is 6.56. The second-order valence-corrected chi connectivity index (χ2v) is 6.86. The van der Waals surface area contributed by atoms with E-state index in [0.29, 0.717) is 0 Å². The van der Waals surface area contributed by atoms with Crippen molar-refractivity contribution in [1.29, 1.82) is 0 Å². The minimum Gasteiger partial charge on any atom is -0.394 e. The molecule has 0 amide bonds. The molecule has 2 aromatic rings. The molecular weight excluding hydrogens is 308 g/mol. The van der Waals surface area contributed by atoms with E-state index in [1.54, 1.807) is 22.7 Å². The van der Waals surface area contributed by atoms with Crippen molar-refractivity contribution < 1.29 is 5.11 Å². The van der Waals surface area contributed by atoms with Crippen LogP contribution in [0.25, 0.3) is 9.88 Å². The van der Waals surface area contributed by atoms with Crippen molar-refractivity contribution >= 4 is 38.6 Å². The molecule has 2 aromatic heterocycles. The van der Waals surface area contributed by atoms with E-state index in [-0.39, 0.29) is 12.6 Å². The van der Waals surface area contributed by atoms with Crippen LogP contribution in [0.2, 0.25) is 0 Å². The number of aliphatic hydroxyl groups is 1. The van der Waals surface area contributed by atoms with Crippen molar-refractivity contribution in [2.24, 2.45) is 5.73 Å². The summed E-state index contributed by atoms with van der Waals surface area (Å²) in [6.07, 6.45) is 0. The Morgan fingerprint density at radius 2 is 2.25 bits per heavy atom. The minimum atomic E-state index is -0.324. The smallest absolute Gasteiger partial charge is 0.133 e. The van der Waals surface area contributed by atoms with Crippen molar-refractivity contribution in [2.75, 3.05) is 6.61 Å². The summed E-state index contributed by atoms with van der Waals surface area (Å²) in [6.45, 7) is 1.88. The molecule has 1 atom stereocenters. The number of aryl methyl sites for hydroxylation is 1. The maximum absolute atomic E-state index is 9.05. The Bertz CT molecular complexity index is 495. The topological polar surface area (TPSA) is 59.1 Å². The summed E-state index contributed by atoms with van der Waals surface area (Å²) in [5.74, 6) is 0. The average molecular weight is 319 g/mol. The Labute approximate surface area is 110 Å². The van der Waals surface area contributed by atoms with Gasteiger partial charge in [0.2, 0.25) is 0 Å². The number of halogens is 1. The van der Waals surface area contributed by atoms with Crippen molar-refractivity contribution in [3.63, 3.8) is 0 Å². The zero-order valence-corrected chi connectivity index (χ0v) is 11.8. The van der Waals surface area contributed by atoms with Gasteiger partial charge in [0.15, 0.2) is 0 Å². The number of thiazole rings is 1. The number of hydrogen-bond donors (Lipinski definition) is 2. The molecule has 0 bridgehead atoms. The summed E-state index contributed by atoms with van der Waals surface area (Å²) < 4.78 is 1.09. The molecule has 0 fully saturated rings. The molecule has 0 saturated carbocycles. The maximum atomic E-state index is 9.05. The second kappa shape index (κ2) is 4.93. The molecule has 0 spiro atoms. The lowest BCUT2D eigenvalue weighted by Crippen LogP contribution is -2.13. The van der Waals surface area contributed by atoms with Gasteiger partial charge < -0.3 is 10.8 Å². The Morgan fingerprint density at radius 1 is 1.50 bits per heavy atom. The highest BCUT2D eigenvalue weighted by Gasteiger charge is 2.15. The van der Waals surface area contributed by atoms with Gasteiger partial charge >= 0.3 is 0 Å². The van der Waals surface area contributed by atoms with Crippen molar-refractivity contribution in [2.45, 2.75) is 13.0 Å². The van der Waals surface area contributed by atoms with Gasteiger partial charge in [-0.3, -0.25) is 0 Å². The fourth-order valence-electron chi connectivity index (χ4n) is 1.37. The van der Waals surface area contributed by atoms with Crippen molar-refractivity contribution in [3.8, 4) is 9.88 Å². The minimum absolute atomic E-state index is 0.0450. The first kappa shape index (κ1) is 12.2. The average Bonchev–Trinajstić information content (AvgIpc) is 2.83. The third kappa shape index (κ3) is 2.36. The van der Waals surface area contributed by atoms with Gasteiger partial charge in [-0.25, -0.2) is 4.98 Å². The summed E-state index contributed by atoms with van der Waals surface area (Å²) in [7, 11) is 0. The molecule has 0 aromatic carbocycles. The zero-order valence-electron chi connectivity index (χ0n) is 8.61. The highest BCUT2D eigenvalue weighted by molar-refractivity contribution is 9.11. The molecule has 2 rings (SSSR count). The van der Waals surface area contributed by atoms with Gasteiger partial charge in [-0.2, -0.15) is 0 Å². The van der Waals surface area contributed by atoms with E-state index in [0.717, 1.165) is 24.2 Å². The fraction of sp³-hybridized carbons (Fsp3) is 0.300. The molecule has 0 aliphatic heterocycles. The Kier molecular flexibility index (Phi) is 3.76. The van der Waals surface area contributed by atoms with Gasteiger partial charge in [-0.05, 0) is 35.0 Å². The summed E-state index contributed by atoms with van der Waals surface area (Å²) in [6, 6.07) is 3.71. The predicted octanol–water partition coefficient (Wildman–Crippen LogP) is 2.93. The lowest BCUT2D eigenvalue weighted by molar-refractivity contribution is 0.269. The molecule has 0 radical (unpaired) electrons. The molecule has 0 aliphatic carbocycles. The van der Waals surface area contributed by atoms with E-state index in [1.165, 1.54) is 0 Å². The summed E-state index contributed by atoms with van der Waals surface area (Å²) >= 11 is 6.62. The molecule has 6 heteroatoms. The highest BCUT2D eigenvalue weighted by atomic mass is 79.9. The van der Waals surface area contributed by atoms with Crippen LogP contribution < -0.4 is 5.73 Å². The first-order chi connectivity index (χ1) is 7.61. The molecule has 2 heterocycles. The molecule has 86 valence electrons. The standard InChI is InChI=1S/C10H11BrN2OS2/c1-5-9(6(12)4-14)16-10(13-5)7-2-3-8(11)15-7/h2-3,6,14H,4,12H2,1H3. The molecule has 0 aliphatic rings. The molecular formula is C10H11BrN2OS2. The van der Waals surface area contributed by atoms with Gasteiger partial charge in [0, 0.05) is 4.88 Å². The quantitative estimate of drug-likeness (QED) is 0.914. The van der Waals surface area contributed by atoms with E-state index in [1.807, 2.05) is 19.1 Å². The molecule has 16 heavy (non-hydrogen) atoms. The van der Waals surface area contributed by atoms with E-state index in [2.05, 4.69) is 20.9 Å². The second-order valence-electron chi connectivity index (χ2n) is 3.36. The normalized spacial score (nSPS) is 13.0. The lowest BCUT2D eigenvalue weighted by atomic mass is 10.2. The first-order valence-corrected chi connectivity index (χ1v) is 7.14. The fourth-order valence-corrected chi connectivity index (χ4v) is 3.87. The van der Waals surface area contributed by atoms with Gasteiger partial charge in [0.1, 0.15) is 5.01 Å². The van der Waals surface area contributed by atoms with E-state index >= 15 is 0 Å². The van der Waals surface area contributed by atoms with E-state index < -0.39 is 0 Å². The Morgan fingerprint density at radius 3 is 2.81 bits per heavy atom. The van der Waals surface area contributed by atoms with Crippen LogP contribution in [0.15, 0.2) is 15.9 Å². The van der Waals surface area contributed by atoms with E-state index in [9.17, 15) is 0 Å². The Hall–Kier alpha value is -0.270. The Balaban J connectivity index is 2.37. The number of nitrogens with two attached hydrogens (primary N) is 1. The number of aliphatic hydroxyl groups excluding tert-OH is 1. The monoisotopic (exact) mass is 318 g/mol. The molecule has 3 nitrogen and oxygen atoms in total. The van der Waals surface area contributed by atoms with Crippen LogP contribution in [0.1, 0.15) is 16.6 Å². The third-order valence-electron chi connectivity index (χ3n) is 2.15. The summed E-state index contributed by atoms with van der Waals surface area (Å²) in [5, 5.41) is 10.0. The number of rotatable bonds is 3. The van der Waals surface area contributed by atoms with Crippen LogP contribution in [0.5, 0.6) is 0 Å². The predicted molar refractivity (Wildman–Crippen MR) is 71.9 cm³/mol. The van der Waals surface area contributed by atoms with Crippen LogP contribution >= 0.6 is 38.6 Å². The number of thiophene rings is 1. The highest BCUT2D eigenvalue weighted by Crippen LogP contribution is 2.36. The molecule has 3 N–H and O–H groups in total. The van der Waals surface area contributed by atoms with Crippen LogP contribution in [0, 0.1) is 6.92 Å². The molecule has 0 saturated heterocycles. The number of hydrogen-bond acceptors (Lipinski definition) is 5. The largest absolute Gasteiger partial charge is 0.394 e. The van der Waals surface area contributed by atoms with Crippen LogP contribution in [0.3, 0.4) is 0 Å². The third-order valence-corrected chi connectivity index (χ3v) is 5.23. The van der Waals surface area contributed by atoms with E-state index in [4.69, 9.17) is 10.8 Å². The SMILES string of the molecule is Cc1nc(-c2ccc(Br)s2)sc1C(N)CO. The van der Waals surface area contributed by atoms with Crippen LogP contribution in [-0.2, 0) is 0 Å². The van der Waals surface area contributed by atoms with Gasteiger partial charge in [-0.1, -0.05) is 0 Å². The zero-order chi connectivity index (χ0) is 11.7. The lowest BCUT2D eigenvalue weighted by Gasteiger charge is -2.04. The van der Waals surface area contributed by atoms with Gasteiger partial charge in [0.25, 0.3) is 0 Å². The first-order valence-electron chi connectivity index (χ1n) is 4.71.